The normalized spacial score (nSPS) is 10.3. The zero-order valence-corrected chi connectivity index (χ0v) is 17.1. The molecule has 1 heterocycles. The van der Waals surface area contributed by atoms with Crippen LogP contribution in [0, 0.1) is 6.92 Å². The van der Waals surface area contributed by atoms with Crippen LogP contribution in [-0.2, 0) is 0 Å². The molecule has 0 bridgehead atoms. The highest BCUT2D eigenvalue weighted by Crippen LogP contribution is 2.24. The van der Waals surface area contributed by atoms with Crippen molar-refractivity contribution in [2.45, 2.75) is 6.92 Å². The summed E-state index contributed by atoms with van der Waals surface area (Å²) in [6.07, 6.45) is 3.06. The molecular formula is C21H17Cl2N3O3. The lowest BCUT2D eigenvalue weighted by molar-refractivity contribution is 0.101. The molecule has 0 atom stereocenters. The van der Waals surface area contributed by atoms with Crippen molar-refractivity contribution < 1.29 is 14.3 Å². The SMILES string of the molecule is COc1cncc(NC(=O)c2cc(NC(=O)c3ccc(Cl)c(Cl)c3)ccc2C)c1. The summed E-state index contributed by atoms with van der Waals surface area (Å²) in [4.78, 5) is 29.2. The van der Waals surface area contributed by atoms with Crippen LogP contribution in [0.5, 0.6) is 5.75 Å². The van der Waals surface area contributed by atoms with Gasteiger partial charge in [0.25, 0.3) is 11.8 Å². The molecule has 0 radical (unpaired) electrons. The number of benzene rings is 2. The Hall–Kier alpha value is -3.09. The number of pyridine rings is 1. The third-order valence-electron chi connectivity index (χ3n) is 4.13. The standard InChI is InChI=1S/C21H17Cl2N3O3/c1-12-3-5-14(25-20(27)13-4-6-18(22)19(23)7-13)9-17(12)21(28)26-15-8-16(29-2)11-24-10-15/h3-11H,1-2H3,(H,25,27)(H,26,28). The fourth-order valence-corrected chi connectivity index (χ4v) is 2.88. The number of carbonyl (C=O) groups is 2. The second-order valence-electron chi connectivity index (χ2n) is 6.18. The number of anilines is 2. The van der Waals surface area contributed by atoms with Crippen molar-refractivity contribution in [3.63, 3.8) is 0 Å². The maximum atomic E-state index is 12.7. The molecule has 1 aromatic heterocycles. The molecule has 148 valence electrons. The topological polar surface area (TPSA) is 80.3 Å². The Morgan fingerprint density at radius 2 is 1.66 bits per heavy atom. The summed E-state index contributed by atoms with van der Waals surface area (Å²) in [5.41, 5.74) is 2.50. The van der Waals surface area contributed by atoms with Crippen LogP contribution in [0.25, 0.3) is 0 Å². The summed E-state index contributed by atoms with van der Waals surface area (Å²) in [7, 11) is 1.52. The molecule has 0 aliphatic carbocycles. The van der Waals surface area contributed by atoms with Gasteiger partial charge in [0.15, 0.2) is 0 Å². The molecule has 0 aliphatic heterocycles. The molecule has 3 rings (SSSR count). The van der Waals surface area contributed by atoms with Crippen LogP contribution in [0.1, 0.15) is 26.3 Å². The molecule has 0 fully saturated rings. The minimum atomic E-state index is -0.365. The first-order valence-electron chi connectivity index (χ1n) is 8.55. The smallest absolute Gasteiger partial charge is 0.256 e. The summed E-state index contributed by atoms with van der Waals surface area (Å²) in [6, 6.07) is 11.3. The van der Waals surface area contributed by atoms with E-state index in [0.29, 0.717) is 33.3 Å². The van der Waals surface area contributed by atoms with E-state index in [0.717, 1.165) is 5.56 Å². The van der Waals surface area contributed by atoms with Gasteiger partial charge in [0.05, 0.1) is 35.2 Å². The number of methoxy groups -OCH3 is 1. The van der Waals surface area contributed by atoms with Crippen LogP contribution >= 0.6 is 23.2 Å². The zero-order chi connectivity index (χ0) is 21.0. The summed E-state index contributed by atoms with van der Waals surface area (Å²) >= 11 is 11.9. The highest BCUT2D eigenvalue weighted by Gasteiger charge is 2.13. The average molecular weight is 430 g/mol. The molecule has 0 saturated carbocycles. The Kier molecular flexibility index (Phi) is 6.36. The van der Waals surface area contributed by atoms with E-state index in [1.165, 1.54) is 19.4 Å². The van der Waals surface area contributed by atoms with Crippen molar-refractivity contribution in [2.75, 3.05) is 17.7 Å². The van der Waals surface area contributed by atoms with Gasteiger partial charge in [0, 0.05) is 22.9 Å². The Labute approximate surface area is 177 Å². The van der Waals surface area contributed by atoms with E-state index >= 15 is 0 Å². The number of nitrogens with zero attached hydrogens (tertiary/aromatic N) is 1. The van der Waals surface area contributed by atoms with E-state index in [2.05, 4.69) is 15.6 Å². The lowest BCUT2D eigenvalue weighted by Gasteiger charge is -2.11. The summed E-state index contributed by atoms with van der Waals surface area (Å²) in [6.45, 7) is 1.81. The number of halogens is 2. The Morgan fingerprint density at radius 1 is 0.897 bits per heavy atom. The first-order valence-corrected chi connectivity index (χ1v) is 9.30. The molecule has 2 amide bonds. The lowest BCUT2D eigenvalue weighted by atomic mass is 10.1. The van der Waals surface area contributed by atoms with Crippen LogP contribution in [0.3, 0.4) is 0 Å². The number of amides is 2. The molecule has 29 heavy (non-hydrogen) atoms. The molecule has 0 saturated heterocycles. The predicted octanol–water partition coefficient (Wildman–Crippen LogP) is 5.21. The van der Waals surface area contributed by atoms with Crippen molar-refractivity contribution in [1.82, 2.24) is 4.98 Å². The van der Waals surface area contributed by atoms with Gasteiger partial charge in [-0.05, 0) is 42.8 Å². The van der Waals surface area contributed by atoms with Gasteiger partial charge >= 0.3 is 0 Å². The van der Waals surface area contributed by atoms with Gasteiger partial charge in [0.2, 0.25) is 0 Å². The Bertz CT molecular complexity index is 1090. The van der Waals surface area contributed by atoms with E-state index in [1.807, 2.05) is 6.92 Å². The fourth-order valence-electron chi connectivity index (χ4n) is 2.58. The van der Waals surface area contributed by atoms with Gasteiger partial charge in [-0.3, -0.25) is 14.6 Å². The number of aryl methyl sites for hydroxylation is 1. The van der Waals surface area contributed by atoms with E-state index in [1.54, 1.807) is 42.6 Å². The van der Waals surface area contributed by atoms with E-state index in [-0.39, 0.29) is 16.8 Å². The van der Waals surface area contributed by atoms with Crippen LogP contribution in [-0.4, -0.2) is 23.9 Å². The lowest BCUT2D eigenvalue weighted by Crippen LogP contribution is -2.16. The largest absolute Gasteiger partial charge is 0.495 e. The summed E-state index contributed by atoms with van der Waals surface area (Å²) in [5, 5.41) is 6.18. The van der Waals surface area contributed by atoms with E-state index < -0.39 is 0 Å². The van der Waals surface area contributed by atoms with Crippen molar-refractivity contribution in [3.8, 4) is 5.75 Å². The van der Waals surface area contributed by atoms with Gasteiger partial charge in [-0.2, -0.15) is 0 Å². The number of ether oxygens (including phenoxy) is 1. The maximum Gasteiger partial charge on any atom is 0.256 e. The number of hydrogen-bond acceptors (Lipinski definition) is 4. The van der Waals surface area contributed by atoms with Crippen molar-refractivity contribution >= 4 is 46.4 Å². The molecular weight excluding hydrogens is 413 g/mol. The van der Waals surface area contributed by atoms with Crippen LogP contribution in [0.15, 0.2) is 54.9 Å². The molecule has 8 heteroatoms. The number of carbonyl (C=O) groups excluding carboxylic acids is 2. The second kappa shape index (κ2) is 8.94. The number of rotatable bonds is 5. The summed E-state index contributed by atoms with van der Waals surface area (Å²) in [5.74, 6) is -0.166. The van der Waals surface area contributed by atoms with Gasteiger partial charge in [-0.15, -0.1) is 0 Å². The Morgan fingerprint density at radius 3 is 2.38 bits per heavy atom. The van der Waals surface area contributed by atoms with Crippen LogP contribution < -0.4 is 15.4 Å². The molecule has 0 unspecified atom stereocenters. The monoisotopic (exact) mass is 429 g/mol. The van der Waals surface area contributed by atoms with E-state index in [9.17, 15) is 9.59 Å². The van der Waals surface area contributed by atoms with Crippen LogP contribution in [0.4, 0.5) is 11.4 Å². The molecule has 0 spiro atoms. The predicted molar refractivity (Wildman–Crippen MR) is 114 cm³/mol. The maximum absolute atomic E-state index is 12.7. The minimum absolute atomic E-state index is 0.287. The second-order valence-corrected chi connectivity index (χ2v) is 6.99. The highest BCUT2D eigenvalue weighted by molar-refractivity contribution is 6.42. The fraction of sp³-hybridized carbons (Fsp3) is 0.0952. The van der Waals surface area contributed by atoms with Gasteiger partial charge < -0.3 is 15.4 Å². The van der Waals surface area contributed by atoms with E-state index in [4.69, 9.17) is 27.9 Å². The first kappa shape index (κ1) is 20.6. The molecule has 6 nitrogen and oxygen atoms in total. The molecule has 3 aromatic rings. The molecule has 0 aliphatic rings. The number of aromatic nitrogens is 1. The zero-order valence-electron chi connectivity index (χ0n) is 15.6. The van der Waals surface area contributed by atoms with Crippen molar-refractivity contribution in [1.29, 1.82) is 0 Å². The van der Waals surface area contributed by atoms with Crippen molar-refractivity contribution in [3.05, 3.63) is 81.6 Å². The van der Waals surface area contributed by atoms with Gasteiger partial charge in [-0.25, -0.2) is 0 Å². The third kappa shape index (κ3) is 5.04. The Balaban J connectivity index is 1.79. The average Bonchev–Trinajstić information content (AvgIpc) is 2.71. The molecule has 2 aromatic carbocycles. The third-order valence-corrected chi connectivity index (χ3v) is 4.87. The van der Waals surface area contributed by atoms with Crippen LogP contribution in [0.2, 0.25) is 10.0 Å². The minimum Gasteiger partial charge on any atom is -0.495 e. The summed E-state index contributed by atoms with van der Waals surface area (Å²) < 4.78 is 5.11. The van der Waals surface area contributed by atoms with Gasteiger partial charge in [-0.1, -0.05) is 29.3 Å². The quantitative estimate of drug-likeness (QED) is 0.583. The number of hydrogen-bond donors (Lipinski definition) is 2. The molecule has 2 N–H and O–H groups in total. The number of nitrogens with one attached hydrogen (secondary N) is 2. The van der Waals surface area contributed by atoms with Gasteiger partial charge in [0.1, 0.15) is 5.75 Å². The first-order chi connectivity index (χ1) is 13.9. The van der Waals surface area contributed by atoms with Crippen molar-refractivity contribution in [2.24, 2.45) is 0 Å². The highest BCUT2D eigenvalue weighted by atomic mass is 35.5.